The summed E-state index contributed by atoms with van der Waals surface area (Å²) in [5, 5.41) is 16.6. The number of carbonyl (C=O) groups excluding carboxylic acids is 1. The molecule has 30 heavy (non-hydrogen) atoms. The molecule has 3 rings (SSSR count). The van der Waals surface area contributed by atoms with Crippen LogP contribution in [0.15, 0.2) is 48.5 Å². The Morgan fingerprint density at radius 3 is 2.57 bits per heavy atom. The number of hydrogen-bond acceptors (Lipinski definition) is 5. The molecule has 2 aromatic carbocycles. The minimum Gasteiger partial charge on any atom is -0.462 e. The summed E-state index contributed by atoms with van der Waals surface area (Å²) in [6, 6.07) is 18.0. The maximum atomic E-state index is 12.4. The predicted molar refractivity (Wildman–Crippen MR) is 117 cm³/mol. The van der Waals surface area contributed by atoms with Crippen LogP contribution >= 0.6 is 0 Å². The van der Waals surface area contributed by atoms with Crippen molar-refractivity contribution >= 4 is 11.8 Å². The minimum absolute atomic E-state index is 0.322. The second kappa shape index (κ2) is 9.75. The number of anilines is 1. The molecule has 1 N–H and O–H groups in total. The van der Waals surface area contributed by atoms with Crippen LogP contribution < -0.4 is 4.90 Å². The fourth-order valence-corrected chi connectivity index (χ4v) is 3.48. The zero-order valence-electron chi connectivity index (χ0n) is 17.6. The Labute approximate surface area is 177 Å². The molecule has 0 saturated heterocycles. The Hall–Kier alpha value is -3.59. The molecule has 0 radical (unpaired) electrons. The number of esters is 1. The zero-order chi connectivity index (χ0) is 21.5. The van der Waals surface area contributed by atoms with Crippen LogP contribution in [0.4, 0.5) is 5.82 Å². The lowest BCUT2D eigenvalue weighted by Crippen LogP contribution is -2.26. The van der Waals surface area contributed by atoms with Gasteiger partial charge in [0.15, 0.2) is 0 Å². The number of aromatic amines is 1. The maximum Gasteiger partial charge on any atom is 0.343 e. The van der Waals surface area contributed by atoms with Crippen molar-refractivity contribution in [3.8, 4) is 17.2 Å². The highest BCUT2D eigenvalue weighted by Crippen LogP contribution is 2.26. The summed E-state index contributed by atoms with van der Waals surface area (Å²) in [7, 11) is 0. The van der Waals surface area contributed by atoms with Crippen molar-refractivity contribution in [2.24, 2.45) is 0 Å². The molecule has 0 aliphatic heterocycles. The second-order valence-corrected chi connectivity index (χ2v) is 7.03. The van der Waals surface area contributed by atoms with E-state index in [1.807, 2.05) is 36.4 Å². The van der Waals surface area contributed by atoms with E-state index in [1.165, 1.54) is 0 Å². The molecule has 0 fully saturated rings. The number of carbonyl (C=O) groups is 1. The van der Waals surface area contributed by atoms with Crippen molar-refractivity contribution in [3.05, 3.63) is 70.9 Å². The number of aromatic nitrogens is 2. The Kier molecular flexibility index (Phi) is 6.87. The summed E-state index contributed by atoms with van der Waals surface area (Å²) >= 11 is 0. The molecule has 6 nitrogen and oxygen atoms in total. The molecule has 0 spiro atoms. The van der Waals surface area contributed by atoms with Gasteiger partial charge in [-0.25, -0.2) is 4.79 Å². The van der Waals surface area contributed by atoms with Crippen molar-refractivity contribution in [1.29, 1.82) is 5.26 Å². The first-order chi connectivity index (χ1) is 14.6. The van der Waals surface area contributed by atoms with Crippen LogP contribution in [0.1, 0.15) is 47.4 Å². The molecule has 0 amide bonds. The van der Waals surface area contributed by atoms with E-state index in [4.69, 9.17) is 4.74 Å². The van der Waals surface area contributed by atoms with E-state index in [-0.39, 0.29) is 5.97 Å². The molecule has 0 atom stereocenters. The van der Waals surface area contributed by atoms with Gasteiger partial charge in [-0.1, -0.05) is 49.4 Å². The molecular formula is C24H26N4O2. The Morgan fingerprint density at radius 1 is 1.17 bits per heavy atom. The molecule has 154 valence electrons. The summed E-state index contributed by atoms with van der Waals surface area (Å²) in [4.78, 5) is 14.6. The first-order valence-electron chi connectivity index (χ1n) is 10.1. The van der Waals surface area contributed by atoms with Gasteiger partial charge in [0.2, 0.25) is 0 Å². The molecule has 6 heteroatoms. The summed E-state index contributed by atoms with van der Waals surface area (Å²) in [5.74, 6) is 0.329. The van der Waals surface area contributed by atoms with Crippen LogP contribution in [0.25, 0.3) is 11.1 Å². The van der Waals surface area contributed by atoms with E-state index < -0.39 is 0 Å². The summed E-state index contributed by atoms with van der Waals surface area (Å²) in [6.07, 6.45) is 0.925. The van der Waals surface area contributed by atoms with E-state index in [2.05, 4.69) is 40.2 Å². The normalized spacial score (nSPS) is 10.5. The molecular weight excluding hydrogens is 376 g/mol. The van der Waals surface area contributed by atoms with E-state index in [9.17, 15) is 10.1 Å². The number of rotatable bonds is 8. The largest absolute Gasteiger partial charge is 0.462 e. The number of nitrogens with one attached hydrogen (secondary N) is 1. The number of hydrogen-bond donors (Lipinski definition) is 1. The second-order valence-electron chi connectivity index (χ2n) is 7.03. The van der Waals surface area contributed by atoms with Crippen molar-refractivity contribution in [2.75, 3.05) is 18.1 Å². The summed E-state index contributed by atoms with van der Waals surface area (Å²) in [5.41, 5.74) is 4.81. The third-order valence-electron chi connectivity index (χ3n) is 4.90. The van der Waals surface area contributed by atoms with Crippen molar-refractivity contribution in [3.63, 3.8) is 0 Å². The summed E-state index contributed by atoms with van der Waals surface area (Å²) in [6.45, 7) is 7.42. The average molecular weight is 402 g/mol. The van der Waals surface area contributed by atoms with Crippen LogP contribution in [-0.4, -0.2) is 29.3 Å². The van der Waals surface area contributed by atoms with Gasteiger partial charge in [-0.15, -0.1) is 0 Å². The van der Waals surface area contributed by atoms with Crippen molar-refractivity contribution in [1.82, 2.24) is 10.2 Å². The van der Waals surface area contributed by atoms with Crippen LogP contribution in [0.2, 0.25) is 0 Å². The third-order valence-corrected chi connectivity index (χ3v) is 4.90. The number of H-pyrrole nitrogens is 1. The first kappa shape index (κ1) is 21.1. The van der Waals surface area contributed by atoms with E-state index >= 15 is 0 Å². The first-order valence-corrected chi connectivity index (χ1v) is 10.1. The van der Waals surface area contributed by atoms with Crippen molar-refractivity contribution in [2.45, 2.75) is 33.7 Å². The van der Waals surface area contributed by atoms with Crippen LogP contribution in [0.5, 0.6) is 0 Å². The van der Waals surface area contributed by atoms with Gasteiger partial charge in [-0.2, -0.15) is 10.4 Å². The lowest BCUT2D eigenvalue weighted by atomic mass is 9.99. The molecule has 0 unspecified atom stereocenters. The smallest absolute Gasteiger partial charge is 0.343 e. The SMILES string of the molecule is CCCN(Cc1ccc(-c2ccccc2C#N)cc1)c1[nH]nc(C)c1C(=O)OCC. The van der Waals surface area contributed by atoms with E-state index in [0.29, 0.717) is 35.8 Å². The molecule has 0 saturated carbocycles. The maximum absolute atomic E-state index is 12.4. The van der Waals surface area contributed by atoms with Crippen LogP contribution in [-0.2, 0) is 11.3 Å². The van der Waals surface area contributed by atoms with Gasteiger partial charge in [-0.3, -0.25) is 5.10 Å². The highest BCUT2D eigenvalue weighted by Gasteiger charge is 2.23. The van der Waals surface area contributed by atoms with Gasteiger partial charge in [-0.05, 0) is 43.0 Å². The van der Waals surface area contributed by atoms with Crippen molar-refractivity contribution < 1.29 is 9.53 Å². The molecule has 0 aliphatic carbocycles. The Bertz CT molecular complexity index is 1050. The van der Waals surface area contributed by atoms with Gasteiger partial charge in [0.1, 0.15) is 11.4 Å². The number of nitrogens with zero attached hydrogens (tertiary/aromatic N) is 3. The Balaban J connectivity index is 1.87. The number of ether oxygens (including phenoxy) is 1. The van der Waals surface area contributed by atoms with Gasteiger partial charge in [0.05, 0.1) is 23.9 Å². The Morgan fingerprint density at radius 2 is 1.90 bits per heavy atom. The predicted octanol–water partition coefficient (Wildman–Crippen LogP) is 4.85. The molecule has 0 aliphatic rings. The van der Waals surface area contributed by atoms with Crippen LogP contribution in [0.3, 0.4) is 0 Å². The average Bonchev–Trinajstić information content (AvgIpc) is 3.15. The highest BCUT2D eigenvalue weighted by molar-refractivity contribution is 5.96. The fraction of sp³-hybridized carbons (Fsp3) is 0.292. The van der Waals surface area contributed by atoms with Gasteiger partial charge in [0.25, 0.3) is 0 Å². The minimum atomic E-state index is -0.358. The van der Waals surface area contributed by atoms with Gasteiger partial charge >= 0.3 is 5.97 Å². The fourth-order valence-electron chi connectivity index (χ4n) is 3.48. The highest BCUT2D eigenvalue weighted by atomic mass is 16.5. The van der Waals surface area contributed by atoms with Crippen LogP contribution in [0, 0.1) is 18.3 Å². The molecule has 1 aromatic heterocycles. The molecule has 1 heterocycles. The van der Waals surface area contributed by atoms with E-state index in [0.717, 1.165) is 29.7 Å². The number of benzene rings is 2. The topological polar surface area (TPSA) is 82.0 Å². The zero-order valence-corrected chi connectivity index (χ0v) is 17.6. The van der Waals surface area contributed by atoms with Gasteiger partial charge < -0.3 is 9.64 Å². The summed E-state index contributed by atoms with van der Waals surface area (Å²) < 4.78 is 5.22. The number of nitriles is 1. The number of aryl methyl sites for hydroxylation is 1. The standard InChI is InChI=1S/C24H26N4O2/c1-4-14-28(23-22(17(3)26-27-23)24(29)30-5-2)16-18-10-12-19(13-11-18)21-9-7-6-8-20(21)15-25/h6-13H,4-5,14,16H2,1-3H3,(H,26,27). The van der Waals surface area contributed by atoms with E-state index in [1.54, 1.807) is 13.8 Å². The quantitative estimate of drug-likeness (QED) is 0.545. The van der Waals surface area contributed by atoms with Gasteiger partial charge in [0, 0.05) is 13.1 Å². The lowest BCUT2D eigenvalue weighted by Gasteiger charge is -2.24. The molecule has 0 bridgehead atoms. The lowest BCUT2D eigenvalue weighted by molar-refractivity contribution is 0.0526. The molecule has 3 aromatic rings. The third kappa shape index (κ3) is 4.52. The monoisotopic (exact) mass is 402 g/mol.